The van der Waals surface area contributed by atoms with E-state index in [0.29, 0.717) is 0 Å². The van der Waals surface area contributed by atoms with Gasteiger partial charge in [-0.2, -0.15) is 20.4 Å². The maximum Gasteiger partial charge on any atom is 3.00 e. The summed E-state index contributed by atoms with van der Waals surface area (Å²) in [4.78, 5) is 50.4. The molecule has 61 heavy (non-hydrogen) atoms. The van der Waals surface area contributed by atoms with Crippen molar-refractivity contribution >= 4 is 66.8 Å². The predicted octanol–water partition coefficient (Wildman–Crippen LogP) is -3.95. The van der Waals surface area contributed by atoms with Crippen molar-refractivity contribution < 1.29 is 168 Å². The molecule has 0 unspecified atom stereocenters. The summed E-state index contributed by atoms with van der Waals surface area (Å²) < 4.78 is 9.69. The Kier molecular flexibility index (Phi) is 53.8. The Hall–Kier alpha value is -4.75. The molecule has 0 aliphatic heterocycles. The van der Waals surface area contributed by atoms with Crippen LogP contribution in [-0.2, 0) is 24.0 Å². The summed E-state index contributed by atoms with van der Waals surface area (Å²) in [5.41, 5.74) is 0.0919. The molecular weight excluding hydrogens is 1130 g/mol. The third-order valence-electron chi connectivity index (χ3n) is 4.70. The van der Waals surface area contributed by atoms with Crippen molar-refractivity contribution in [1.29, 1.82) is 0 Å². The van der Waals surface area contributed by atoms with Gasteiger partial charge in [-0.15, -0.1) is 0 Å². The summed E-state index contributed by atoms with van der Waals surface area (Å²) >= 11 is 0. The molecule has 0 heterocycles. The van der Waals surface area contributed by atoms with Crippen molar-refractivity contribution in [1.82, 2.24) is 14.7 Å². The van der Waals surface area contributed by atoms with Crippen LogP contribution in [0, 0.1) is 93.8 Å². The van der Waals surface area contributed by atoms with Crippen molar-refractivity contribution in [3.05, 3.63) is 47.5 Å². The first-order chi connectivity index (χ1) is 27.5. The summed E-state index contributed by atoms with van der Waals surface area (Å²) in [5, 5.41) is 98.7. The first-order valence-electron chi connectivity index (χ1n) is 15.8. The Morgan fingerprint density at radius 3 is 0.984 bits per heavy atom. The Morgan fingerprint density at radius 2 is 0.803 bits per heavy atom. The van der Waals surface area contributed by atoms with E-state index >= 15 is 0 Å². The van der Waals surface area contributed by atoms with Crippen molar-refractivity contribution in [3.63, 3.8) is 0 Å². The van der Waals surface area contributed by atoms with Crippen LogP contribution >= 0.6 is 0 Å². The molecular formula is C35H49N9O15Yb2. The number of hydrogen-bond acceptors (Lipinski definition) is 21. The molecule has 3 amide bonds. The van der Waals surface area contributed by atoms with E-state index in [1.165, 1.54) is 67.0 Å². The maximum atomic E-state index is 11.7. The molecule has 24 nitrogen and oxygen atoms in total. The van der Waals surface area contributed by atoms with Gasteiger partial charge in [0.15, 0.2) is 0 Å². The number of ether oxygens (including phenoxy) is 2. The molecule has 0 atom stereocenters. The fraction of sp³-hybridized carbons (Fsp3) is 0.343. The number of para-hydroxylation sites is 2. The molecule has 0 aliphatic carbocycles. The molecule has 0 saturated heterocycles. The van der Waals surface area contributed by atoms with Crippen molar-refractivity contribution in [3.8, 4) is 23.0 Å². The van der Waals surface area contributed by atoms with Crippen molar-refractivity contribution in [2.45, 2.75) is 27.7 Å². The number of aliphatic carboxylic acids is 2. The van der Waals surface area contributed by atoms with Crippen molar-refractivity contribution in [2.24, 2.45) is 30.7 Å². The standard InChI is InChI=1S/2C11H13N3O4.3C3H7NO.2C2H4O2.2Yb/c2*1-7(14-17)11(16)13-12-6-8-4-3-5-9(18-2)10(8)15;3*1-4(2)3-5;2*1-2(3)4;;/h2*3-6,15,17H,1-2H3,(H,13,16);3*3H,1-2H3;2*1H3,(H,3,4);;/q;;;;;;;2*+3/p-6/b2*12-6+,14-7+;;;;;;;. The average molecular weight is 1180 g/mol. The van der Waals surface area contributed by atoms with E-state index in [4.69, 9.17) is 39.7 Å². The van der Waals surface area contributed by atoms with Gasteiger partial charge in [0.2, 0.25) is 19.2 Å². The Bertz CT molecular complexity index is 1580. The molecule has 2 aromatic rings. The fourth-order valence-corrected chi connectivity index (χ4v) is 2.11. The number of oxime groups is 2. The quantitative estimate of drug-likeness (QED) is 0.0713. The predicted molar refractivity (Wildman–Crippen MR) is 205 cm³/mol. The van der Waals surface area contributed by atoms with Crippen LogP contribution in [0.4, 0.5) is 0 Å². The second-order valence-electron chi connectivity index (χ2n) is 10.6. The molecule has 2 radical (unpaired) electrons. The molecule has 0 fully saturated rings. The van der Waals surface area contributed by atoms with E-state index < -0.39 is 23.7 Å². The SMILES string of the molecule is CC(=O)[O-].CC(=O)[O-].CN(C)C=O.CN(C)C=O.CN(C)C=O.COc1cccc(/C=N/N=C([O-])/C(C)=N/O)c1[O-].COc1cccc(/C=N/N=C([O-])/C(C)=N/O)c1[O-].[Yb+3].[Yb+3]. The van der Waals surface area contributed by atoms with Crippen LogP contribution in [-0.4, -0.2) is 148 Å². The smallest absolute Gasteiger partial charge is 0.870 e. The van der Waals surface area contributed by atoms with Crippen molar-refractivity contribution in [2.75, 3.05) is 56.5 Å². The van der Waals surface area contributed by atoms with Gasteiger partial charge >= 0.3 is 93.8 Å². The van der Waals surface area contributed by atoms with E-state index in [2.05, 4.69) is 30.7 Å². The normalized spacial score (nSPS) is 10.2. The molecule has 0 aliphatic rings. The van der Waals surface area contributed by atoms with E-state index in [1.54, 1.807) is 54.4 Å². The van der Waals surface area contributed by atoms with Crippen LogP contribution in [0.3, 0.4) is 0 Å². The van der Waals surface area contributed by atoms with Crippen LogP contribution in [0.2, 0.25) is 0 Å². The Balaban J connectivity index is -0.000000125. The molecule has 26 heteroatoms. The molecule has 2 aromatic carbocycles. The Morgan fingerprint density at radius 1 is 0.574 bits per heavy atom. The number of carbonyl (C=O) groups is 5. The first-order valence-corrected chi connectivity index (χ1v) is 15.8. The number of carbonyl (C=O) groups excluding carboxylic acids is 5. The van der Waals surface area contributed by atoms with Gasteiger partial charge in [0.05, 0.1) is 38.1 Å². The molecule has 0 bridgehead atoms. The summed E-state index contributed by atoms with van der Waals surface area (Å²) in [6.45, 7) is 4.51. The van der Waals surface area contributed by atoms with Crippen LogP contribution in [0.25, 0.3) is 0 Å². The van der Waals surface area contributed by atoms with Crippen LogP contribution in [0.5, 0.6) is 23.0 Å². The molecule has 2 rings (SSSR count). The first kappa shape index (κ1) is 70.8. The average Bonchev–Trinajstić information content (AvgIpc) is 3.18. The van der Waals surface area contributed by atoms with E-state index in [9.17, 15) is 34.8 Å². The maximum absolute atomic E-state index is 11.7. The number of benzene rings is 2. The van der Waals surface area contributed by atoms with Gasteiger partial charge < -0.3 is 74.8 Å². The third kappa shape index (κ3) is 47.8. The van der Waals surface area contributed by atoms with E-state index in [0.717, 1.165) is 45.5 Å². The minimum atomic E-state index is -1.08. The van der Waals surface area contributed by atoms with Crippen LogP contribution in [0.15, 0.2) is 67.1 Å². The zero-order valence-electron chi connectivity index (χ0n) is 35.1. The number of carboxylic acid groups (broad SMARTS) is 2. The van der Waals surface area contributed by atoms with Gasteiger partial charge in [-0.25, -0.2) is 0 Å². The topological polar surface area (TPSA) is 367 Å². The number of methoxy groups -OCH3 is 2. The molecule has 2 N–H and O–H groups in total. The fourth-order valence-electron chi connectivity index (χ4n) is 2.11. The summed E-state index contributed by atoms with van der Waals surface area (Å²) in [7, 11) is 12.9. The number of rotatable bonds is 11. The van der Waals surface area contributed by atoms with Crippen LogP contribution < -0.4 is 40.1 Å². The second-order valence-corrected chi connectivity index (χ2v) is 10.6. The van der Waals surface area contributed by atoms with Gasteiger partial charge in [-0.3, -0.25) is 14.4 Å². The summed E-state index contributed by atoms with van der Waals surface area (Å²) in [6.07, 6.45) is 4.51. The zero-order chi connectivity index (χ0) is 47.1. The number of carboxylic acids is 2. The van der Waals surface area contributed by atoms with Gasteiger partial charge in [0.25, 0.3) is 0 Å². The molecule has 352 valence electrons. The molecule has 0 aromatic heterocycles. The van der Waals surface area contributed by atoms with Gasteiger partial charge in [-0.05, 0) is 51.0 Å². The molecule has 0 saturated carbocycles. The third-order valence-corrected chi connectivity index (χ3v) is 4.70. The van der Waals surface area contributed by atoms with Gasteiger partial charge in [0.1, 0.15) is 11.5 Å². The minimum Gasteiger partial charge on any atom is -0.870 e. The van der Waals surface area contributed by atoms with Gasteiger partial charge in [0, 0.05) is 66.0 Å². The van der Waals surface area contributed by atoms with E-state index in [1.807, 2.05) is 0 Å². The number of amides is 3. The number of hydrogen-bond donors (Lipinski definition) is 2. The monoisotopic (exact) mass is 1180 g/mol. The summed E-state index contributed by atoms with van der Waals surface area (Å²) in [5.74, 6) is -4.08. The largest absolute Gasteiger partial charge is 3.00 e. The summed E-state index contributed by atoms with van der Waals surface area (Å²) in [6, 6.07) is 9.30. The van der Waals surface area contributed by atoms with Gasteiger partial charge in [-0.1, -0.05) is 46.1 Å². The second kappa shape index (κ2) is 46.3. The molecule has 0 spiro atoms. The Labute approximate surface area is 430 Å². The zero-order valence-corrected chi connectivity index (χ0v) is 38.5. The van der Waals surface area contributed by atoms with E-state index in [-0.39, 0.29) is 139 Å². The number of nitrogens with zero attached hydrogens (tertiary/aromatic N) is 9. The minimum absolute atomic E-state index is 0. The van der Waals surface area contributed by atoms with Crippen LogP contribution in [0.1, 0.15) is 38.8 Å².